The number of rotatable bonds is 6. The summed E-state index contributed by atoms with van der Waals surface area (Å²) in [6, 6.07) is 0. The molecule has 0 radical (unpaired) electrons. The summed E-state index contributed by atoms with van der Waals surface area (Å²) in [5.74, 6) is -1.42. The average Bonchev–Trinajstić information content (AvgIpc) is 3.05. The van der Waals surface area contributed by atoms with Crippen molar-refractivity contribution < 1.29 is 43.4 Å². The Bertz CT molecular complexity index is 463. The van der Waals surface area contributed by atoms with E-state index in [1.165, 1.54) is 0 Å². The summed E-state index contributed by atoms with van der Waals surface area (Å²) in [6.45, 7) is 3.20. The van der Waals surface area contributed by atoms with Crippen LogP contribution in [0.2, 0.25) is 0 Å². The highest BCUT2D eigenvalue weighted by molar-refractivity contribution is 5.70. The highest BCUT2D eigenvalue weighted by Gasteiger charge is 2.57. The molecule has 0 bridgehead atoms. The first-order valence-corrected chi connectivity index (χ1v) is 8.62. The van der Waals surface area contributed by atoms with Gasteiger partial charge in [-0.3, -0.25) is 0 Å². The summed E-state index contributed by atoms with van der Waals surface area (Å²) in [4.78, 5) is 12.0. The molecule has 9 nitrogen and oxygen atoms in total. The maximum atomic E-state index is 12.0. The largest absolute Gasteiger partial charge is 0.434 e. The molecule has 3 saturated heterocycles. The summed E-state index contributed by atoms with van der Waals surface area (Å²) < 4.78 is 33.1. The molecule has 2 N–H and O–H groups in total. The predicted molar refractivity (Wildman–Crippen MR) is 81.2 cm³/mol. The monoisotopic (exact) mass is 362 g/mol. The van der Waals surface area contributed by atoms with Crippen molar-refractivity contribution >= 4 is 5.97 Å². The fraction of sp³-hybridized carbons (Fsp3) is 0.938. The first-order valence-electron chi connectivity index (χ1n) is 8.62. The van der Waals surface area contributed by atoms with Crippen LogP contribution >= 0.6 is 0 Å². The van der Waals surface area contributed by atoms with Gasteiger partial charge in [-0.15, -0.1) is 0 Å². The lowest BCUT2D eigenvalue weighted by Gasteiger charge is -2.28. The lowest BCUT2D eigenvalue weighted by Crippen LogP contribution is -2.45. The molecule has 3 aliphatic rings. The Morgan fingerprint density at radius 1 is 1.32 bits per heavy atom. The smallest absolute Gasteiger partial charge is 0.334 e. The summed E-state index contributed by atoms with van der Waals surface area (Å²) in [5.41, 5.74) is 0. The Morgan fingerprint density at radius 3 is 2.80 bits per heavy atom. The lowest BCUT2D eigenvalue weighted by atomic mass is 10.1. The standard InChI is InChI=1S/C16H26O9/c1-16(2)24-14-13(12(9(18)7-17)23-15(14)25-16)21-8-10(19)22-11-5-3-4-6-20-11/h9,11-15,17-18H,3-8H2,1-2H3/t9?,11?,12-,13+,14-,15-/m1/s1. The highest BCUT2D eigenvalue weighted by atomic mass is 16.8. The van der Waals surface area contributed by atoms with Gasteiger partial charge >= 0.3 is 5.97 Å². The Balaban J connectivity index is 1.56. The van der Waals surface area contributed by atoms with Crippen molar-refractivity contribution in [2.75, 3.05) is 19.8 Å². The summed E-state index contributed by atoms with van der Waals surface area (Å²) in [6.07, 6.45) is -2.12. The van der Waals surface area contributed by atoms with E-state index in [2.05, 4.69) is 0 Å². The fourth-order valence-electron chi connectivity index (χ4n) is 3.26. The highest BCUT2D eigenvalue weighted by Crippen LogP contribution is 2.39. The van der Waals surface area contributed by atoms with E-state index in [9.17, 15) is 15.0 Å². The van der Waals surface area contributed by atoms with Crippen LogP contribution in [0.4, 0.5) is 0 Å². The second-order valence-corrected chi connectivity index (χ2v) is 6.88. The van der Waals surface area contributed by atoms with Crippen LogP contribution in [0.15, 0.2) is 0 Å². The van der Waals surface area contributed by atoms with Crippen molar-refractivity contribution in [1.82, 2.24) is 0 Å². The van der Waals surface area contributed by atoms with Gasteiger partial charge in [-0.05, 0) is 26.7 Å². The van der Waals surface area contributed by atoms with E-state index in [0.717, 1.165) is 12.8 Å². The van der Waals surface area contributed by atoms with Crippen LogP contribution in [0.5, 0.6) is 0 Å². The molecule has 0 saturated carbocycles. The van der Waals surface area contributed by atoms with Crippen molar-refractivity contribution in [3.05, 3.63) is 0 Å². The third-order valence-electron chi connectivity index (χ3n) is 4.39. The Kier molecular flexibility index (Phi) is 5.94. The zero-order valence-electron chi connectivity index (χ0n) is 14.5. The van der Waals surface area contributed by atoms with E-state index in [0.29, 0.717) is 13.0 Å². The van der Waals surface area contributed by atoms with Crippen LogP contribution in [-0.4, -0.2) is 78.8 Å². The number of esters is 1. The SMILES string of the molecule is CC1(C)O[C@H]2O[C@H](C(O)CO)[C@H](OCC(=O)OC3CCCCO3)[C@H]2O1. The molecular weight excluding hydrogens is 336 g/mol. The molecule has 25 heavy (non-hydrogen) atoms. The van der Waals surface area contributed by atoms with E-state index in [4.69, 9.17) is 28.4 Å². The van der Waals surface area contributed by atoms with Gasteiger partial charge in [0.2, 0.25) is 6.29 Å². The molecule has 0 spiro atoms. The number of carbonyl (C=O) groups is 1. The van der Waals surface area contributed by atoms with Crippen LogP contribution in [0, 0.1) is 0 Å². The van der Waals surface area contributed by atoms with Crippen LogP contribution in [0.1, 0.15) is 33.1 Å². The van der Waals surface area contributed by atoms with E-state index >= 15 is 0 Å². The van der Waals surface area contributed by atoms with Gasteiger partial charge in [0.15, 0.2) is 12.1 Å². The van der Waals surface area contributed by atoms with Gasteiger partial charge in [0.05, 0.1) is 13.2 Å². The number of fused-ring (bicyclic) bond motifs is 1. The number of aliphatic hydroxyl groups is 2. The molecular formula is C16H26O9. The molecule has 0 aromatic carbocycles. The fourth-order valence-corrected chi connectivity index (χ4v) is 3.26. The number of aliphatic hydroxyl groups excluding tert-OH is 2. The normalized spacial score (nSPS) is 38.3. The molecule has 144 valence electrons. The molecule has 0 aromatic heterocycles. The van der Waals surface area contributed by atoms with Crippen LogP contribution < -0.4 is 0 Å². The molecule has 2 unspecified atom stereocenters. The molecule has 0 aromatic rings. The zero-order valence-corrected chi connectivity index (χ0v) is 14.5. The van der Waals surface area contributed by atoms with Gasteiger partial charge < -0.3 is 38.6 Å². The van der Waals surface area contributed by atoms with Crippen LogP contribution in [0.3, 0.4) is 0 Å². The number of hydrogen-bond donors (Lipinski definition) is 2. The molecule has 3 heterocycles. The van der Waals surface area contributed by atoms with Gasteiger partial charge in [-0.25, -0.2) is 4.79 Å². The van der Waals surface area contributed by atoms with E-state index in [-0.39, 0.29) is 6.61 Å². The summed E-state index contributed by atoms with van der Waals surface area (Å²) in [5, 5.41) is 19.1. The minimum Gasteiger partial charge on any atom is -0.434 e. The second kappa shape index (κ2) is 7.83. The average molecular weight is 362 g/mol. The quantitative estimate of drug-likeness (QED) is 0.613. The van der Waals surface area contributed by atoms with Crippen LogP contribution in [-0.2, 0) is 33.2 Å². The van der Waals surface area contributed by atoms with Crippen molar-refractivity contribution in [3.63, 3.8) is 0 Å². The summed E-state index contributed by atoms with van der Waals surface area (Å²) in [7, 11) is 0. The Labute approximate surface area is 146 Å². The Morgan fingerprint density at radius 2 is 2.12 bits per heavy atom. The maximum absolute atomic E-state index is 12.0. The summed E-state index contributed by atoms with van der Waals surface area (Å²) >= 11 is 0. The third-order valence-corrected chi connectivity index (χ3v) is 4.39. The van der Waals surface area contributed by atoms with Crippen molar-refractivity contribution in [2.45, 2.75) is 75.9 Å². The van der Waals surface area contributed by atoms with E-state index in [1.54, 1.807) is 13.8 Å². The topological polar surface area (TPSA) is 113 Å². The number of carbonyl (C=O) groups excluding carboxylic acids is 1. The zero-order chi connectivity index (χ0) is 18.0. The lowest BCUT2D eigenvalue weighted by molar-refractivity contribution is -0.232. The number of ether oxygens (including phenoxy) is 6. The van der Waals surface area contributed by atoms with Crippen LogP contribution in [0.25, 0.3) is 0 Å². The first-order chi connectivity index (χ1) is 11.9. The van der Waals surface area contributed by atoms with Gasteiger partial charge in [-0.1, -0.05) is 0 Å². The maximum Gasteiger partial charge on any atom is 0.334 e. The molecule has 3 aliphatic heterocycles. The predicted octanol–water partition coefficient (Wildman–Crippen LogP) is -0.329. The van der Waals surface area contributed by atoms with Gasteiger partial charge in [0.25, 0.3) is 0 Å². The molecule has 9 heteroatoms. The van der Waals surface area contributed by atoms with Gasteiger partial charge in [-0.2, -0.15) is 0 Å². The van der Waals surface area contributed by atoms with Gasteiger partial charge in [0.1, 0.15) is 31.0 Å². The van der Waals surface area contributed by atoms with E-state index < -0.39 is 55.4 Å². The second-order valence-electron chi connectivity index (χ2n) is 6.88. The molecule has 3 fully saturated rings. The molecule has 3 rings (SSSR count). The van der Waals surface area contributed by atoms with Gasteiger partial charge in [0, 0.05) is 6.42 Å². The molecule has 0 aliphatic carbocycles. The minimum absolute atomic E-state index is 0.338. The van der Waals surface area contributed by atoms with Crippen molar-refractivity contribution in [2.24, 2.45) is 0 Å². The number of hydrogen-bond acceptors (Lipinski definition) is 9. The van der Waals surface area contributed by atoms with Crippen molar-refractivity contribution in [3.8, 4) is 0 Å². The Hall–Kier alpha value is -0.810. The molecule has 6 atom stereocenters. The van der Waals surface area contributed by atoms with E-state index in [1.807, 2.05) is 0 Å². The first kappa shape index (κ1) is 19.0. The minimum atomic E-state index is -1.18. The van der Waals surface area contributed by atoms with Crippen molar-refractivity contribution in [1.29, 1.82) is 0 Å². The molecule has 0 amide bonds. The third kappa shape index (κ3) is 4.48.